The van der Waals surface area contributed by atoms with E-state index in [-0.39, 0.29) is 12.5 Å². The Hall–Kier alpha value is -1.27. The molecule has 9 N–H and O–H groups in total. The molecular weight excluding hydrogens is 762 g/mol. The van der Waals surface area contributed by atoms with Gasteiger partial charge in [-0.05, 0) is 38.5 Å². The predicted octanol–water partition coefficient (Wildman–Crippen LogP) is 4.82. The number of aliphatic hydroxyl groups excluding tert-OH is 8. The predicted molar refractivity (Wildman–Crippen MR) is 226 cm³/mol. The maximum Gasteiger partial charge on any atom is 0.220 e. The van der Waals surface area contributed by atoms with Crippen LogP contribution in [0, 0.1) is 0 Å². The molecule has 0 spiro atoms. The van der Waals surface area contributed by atoms with Crippen LogP contribution in [0.2, 0.25) is 0 Å². The number of ether oxygens (including phenoxy) is 4. The van der Waals surface area contributed by atoms with Crippen molar-refractivity contribution in [3.05, 3.63) is 12.2 Å². The van der Waals surface area contributed by atoms with Crippen LogP contribution in [0.1, 0.15) is 174 Å². The minimum Gasteiger partial charge on any atom is -0.394 e. The molecule has 1 amide bonds. The van der Waals surface area contributed by atoms with Gasteiger partial charge in [-0.2, -0.15) is 0 Å². The molecule has 12 atom stereocenters. The average molecular weight is 848 g/mol. The van der Waals surface area contributed by atoms with Crippen LogP contribution in [0.3, 0.4) is 0 Å². The summed E-state index contributed by atoms with van der Waals surface area (Å²) in [4.78, 5) is 13.1. The zero-order valence-corrected chi connectivity index (χ0v) is 36.5. The van der Waals surface area contributed by atoms with E-state index in [1.807, 2.05) is 0 Å². The van der Waals surface area contributed by atoms with Crippen LogP contribution in [0.4, 0.5) is 0 Å². The summed E-state index contributed by atoms with van der Waals surface area (Å²) in [5, 5.41) is 86.5. The summed E-state index contributed by atoms with van der Waals surface area (Å²) in [6.07, 6.45) is 15.2. The molecule has 2 saturated heterocycles. The fraction of sp³-hybridized carbons (Fsp3) is 0.933. The Morgan fingerprint density at radius 2 is 1.07 bits per heavy atom. The number of rotatable bonds is 35. The molecule has 348 valence electrons. The van der Waals surface area contributed by atoms with E-state index < -0.39 is 86.8 Å². The number of hydrogen-bond donors (Lipinski definition) is 9. The van der Waals surface area contributed by atoms with Crippen LogP contribution in [0.5, 0.6) is 0 Å². The molecule has 12 unspecified atom stereocenters. The molecule has 2 heterocycles. The Morgan fingerprint density at radius 3 is 1.61 bits per heavy atom. The van der Waals surface area contributed by atoms with Crippen LogP contribution < -0.4 is 5.32 Å². The van der Waals surface area contributed by atoms with Crippen molar-refractivity contribution in [1.29, 1.82) is 0 Å². The van der Waals surface area contributed by atoms with Gasteiger partial charge in [0.15, 0.2) is 12.6 Å². The second kappa shape index (κ2) is 33.3. The number of amides is 1. The molecule has 2 fully saturated rings. The monoisotopic (exact) mass is 848 g/mol. The van der Waals surface area contributed by atoms with E-state index >= 15 is 0 Å². The summed E-state index contributed by atoms with van der Waals surface area (Å²) in [5.41, 5.74) is 0. The molecule has 2 aliphatic heterocycles. The highest BCUT2D eigenvalue weighted by Gasteiger charge is 2.51. The first kappa shape index (κ1) is 53.9. The number of unbranched alkanes of at least 4 members (excludes halogenated alkanes) is 20. The summed E-state index contributed by atoms with van der Waals surface area (Å²) in [6, 6.07) is -0.826. The van der Waals surface area contributed by atoms with E-state index in [1.54, 1.807) is 0 Å². The van der Waals surface area contributed by atoms with Crippen molar-refractivity contribution in [3.8, 4) is 0 Å². The molecule has 0 aliphatic carbocycles. The molecule has 0 radical (unpaired) electrons. The molecule has 0 bridgehead atoms. The summed E-state index contributed by atoms with van der Waals surface area (Å²) >= 11 is 0. The van der Waals surface area contributed by atoms with E-state index in [4.69, 9.17) is 18.9 Å². The number of allylic oxidation sites excluding steroid dienone is 2. The first-order valence-corrected chi connectivity index (χ1v) is 23.4. The number of carbonyl (C=O) groups is 1. The van der Waals surface area contributed by atoms with Crippen LogP contribution in [0.15, 0.2) is 12.2 Å². The minimum absolute atomic E-state index is 0.218. The Balaban J connectivity index is 1.85. The average Bonchev–Trinajstić information content (AvgIpc) is 3.23. The maximum absolute atomic E-state index is 13.1. The fourth-order valence-corrected chi connectivity index (χ4v) is 7.82. The topological polar surface area (TPSA) is 228 Å². The first-order valence-electron chi connectivity index (χ1n) is 23.4. The van der Waals surface area contributed by atoms with Gasteiger partial charge in [0.2, 0.25) is 5.91 Å². The largest absolute Gasteiger partial charge is 0.394 e. The van der Waals surface area contributed by atoms with Crippen LogP contribution in [-0.4, -0.2) is 140 Å². The lowest BCUT2D eigenvalue weighted by molar-refractivity contribution is -0.359. The van der Waals surface area contributed by atoms with Gasteiger partial charge in [-0.15, -0.1) is 0 Å². The van der Waals surface area contributed by atoms with Gasteiger partial charge in [0, 0.05) is 6.42 Å². The number of carbonyl (C=O) groups excluding carboxylic acids is 1. The van der Waals surface area contributed by atoms with Gasteiger partial charge in [0.25, 0.3) is 0 Å². The van der Waals surface area contributed by atoms with Crippen molar-refractivity contribution < 1.29 is 64.6 Å². The molecule has 2 aliphatic rings. The van der Waals surface area contributed by atoms with Crippen molar-refractivity contribution in [2.45, 2.75) is 248 Å². The van der Waals surface area contributed by atoms with Crippen LogP contribution in [0.25, 0.3) is 0 Å². The summed E-state index contributed by atoms with van der Waals surface area (Å²) in [7, 11) is 0. The standard InChI is InChI=1S/C45H85NO13/c1-3-5-7-9-11-13-14-15-16-17-18-19-21-23-25-27-29-37(50)46-33(34(49)28-26-24-22-20-12-10-8-6-4-2)32-56-44-42(55)40(53)43(36(31-48)58-44)59-45-41(54)39(52)38(51)35(30-47)57-45/h16-17,33-36,38-45,47-49,51-55H,3-15,18-32H2,1-2H3,(H,46,50)/b17-16-. The van der Waals surface area contributed by atoms with Gasteiger partial charge >= 0.3 is 0 Å². The van der Waals surface area contributed by atoms with Crippen molar-refractivity contribution >= 4 is 5.91 Å². The zero-order chi connectivity index (χ0) is 43.3. The molecule has 14 heteroatoms. The number of hydrogen-bond acceptors (Lipinski definition) is 13. The Bertz CT molecular complexity index is 1050. The second-order valence-corrected chi connectivity index (χ2v) is 16.9. The minimum atomic E-state index is -1.78. The van der Waals surface area contributed by atoms with Crippen molar-refractivity contribution in [2.75, 3.05) is 19.8 Å². The van der Waals surface area contributed by atoms with Gasteiger partial charge in [-0.1, -0.05) is 142 Å². The Kier molecular flexibility index (Phi) is 30.4. The zero-order valence-electron chi connectivity index (χ0n) is 36.5. The van der Waals surface area contributed by atoms with Gasteiger partial charge < -0.3 is 65.1 Å². The van der Waals surface area contributed by atoms with Gasteiger partial charge in [0.1, 0.15) is 48.8 Å². The van der Waals surface area contributed by atoms with Crippen LogP contribution >= 0.6 is 0 Å². The lowest BCUT2D eigenvalue weighted by Crippen LogP contribution is -2.65. The molecule has 0 saturated carbocycles. The van der Waals surface area contributed by atoms with Crippen LogP contribution in [-0.2, 0) is 23.7 Å². The molecule has 0 aromatic carbocycles. The maximum atomic E-state index is 13.1. The lowest BCUT2D eigenvalue weighted by atomic mass is 9.97. The highest BCUT2D eigenvalue weighted by molar-refractivity contribution is 5.76. The summed E-state index contributed by atoms with van der Waals surface area (Å²) in [5.74, 6) is -0.218. The SMILES string of the molecule is CCCCCCCCC/C=C\CCCCCCCC(=O)NC(COC1OC(CO)C(OC2OC(CO)C(O)C(O)C2O)C(O)C1O)C(O)CCCCCCCCCCC. The lowest BCUT2D eigenvalue weighted by Gasteiger charge is -2.46. The van der Waals surface area contributed by atoms with E-state index in [9.17, 15) is 45.6 Å². The normalized spacial score (nSPS) is 28.6. The highest BCUT2D eigenvalue weighted by atomic mass is 16.7. The smallest absolute Gasteiger partial charge is 0.220 e. The Morgan fingerprint density at radius 1 is 0.593 bits per heavy atom. The van der Waals surface area contributed by atoms with E-state index in [0.717, 1.165) is 64.2 Å². The number of aliphatic hydroxyl groups is 8. The molecule has 14 nitrogen and oxygen atoms in total. The molecular formula is C45H85NO13. The van der Waals surface area contributed by atoms with Gasteiger partial charge in [0.05, 0.1) is 32.0 Å². The van der Waals surface area contributed by atoms with E-state index in [2.05, 4.69) is 31.3 Å². The quantitative estimate of drug-likeness (QED) is 0.0308. The van der Waals surface area contributed by atoms with Gasteiger partial charge in [-0.25, -0.2) is 0 Å². The Labute approximate surface area is 355 Å². The van der Waals surface area contributed by atoms with E-state index in [0.29, 0.717) is 19.3 Å². The highest BCUT2D eigenvalue weighted by Crippen LogP contribution is 2.30. The van der Waals surface area contributed by atoms with E-state index in [1.165, 1.54) is 77.0 Å². The second-order valence-electron chi connectivity index (χ2n) is 16.9. The third kappa shape index (κ3) is 21.6. The third-order valence-electron chi connectivity index (χ3n) is 11.7. The summed E-state index contributed by atoms with van der Waals surface area (Å²) in [6.45, 7) is 2.80. The molecule has 0 aromatic rings. The summed E-state index contributed by atoms with van der Waals surface area (Å²) < 4.78 is 22.6. The fourth-order valence-electron chi connectivity index (χ4n) is 7.82. The van der Waals surface area contributed by atoms with Crippen molar-refractivity contribution in [2.24, 2.45) is 0 Å². The number of nitrogens with one attached hydrogen (secondary N) is 1. The van der Waals surface area contributed by atoms with Crippen molar-refractivity contribution in [3.63, 3.8) is 0 Å². The van der Waals surface area contributed by atoms with Gasteiger partial charge in [-0.3, -0.25) is 4.79 Å². The molecule has 0 aromatic heterocycles. The molecule has 2 rings (SSSR count). The van der Waals surface area contributed by atoms with Crippen molar-refractivity contribution in [1.82, 2.24) is 5.32 Å². The molecule has 59 heavy (non-hydrogen) atoms. The third-order valence-corrected chi connectivity index (χ3v) is 11.7. The first-order chi connectivity index (χ1) is 28.6.